The third kappa shape index (κ3) is 58.9. The average molecular weight is 1120 g/mol. The van der Waals surface area contributed by atoms with Gasteiger partial charge in [-0.15, -0.1) is 0 Å². The fourth-order valence-electron chi connectivity index (χ4n) is 10.2. The first kappa shape index (κ1) is 76.2. The number of amides is 1. The van der Waals surface area contributed by atoms with Crippen LogP contribution in [0.25, 0.3) is 0 Å². The Morgan fingerprint density at radius 2 is 0.821 bits per heavy atom. The molecule has 0 rings (SSSR count). The van der Waals surface area contributed by atoms with Gasteiger partial charge in [-0.05, 0) is 57.4 Å². The number of allylic oxidation sites excluding steroid dienone is 5. The lowest BCUT2D eigenvalue weighted by Crippen LogP contribution is -2.47. The third-order valence-corrected chi connectivity index (χ3v) is 16.3. The largest absolute Gasteiger partial charge is 0.472 e. The Morgan fingerprint density at radius 3 is 1.22 bits per heavy atom. The van der Waals surface area contributed by atoms with Gasteiger partial charge < -0.3 is 19.4 Å². The molecule has 9 nitrogen and oxygen atoms in total. The molecule has 0 aromatic rings. The second-order valence-electron chi connectivity index (χ2n) is 24.3. The van der Waals surface area contributed by atoms with Crippen LogP contribution in [0.2, 0.25) is 0 Å². The van der Waals surface area contributed by atoms with Gasteiger partial charge in [0.25, 0.3) is 0 Å². The molecular weight excluding hydrogens is 988 g/mol. The summed E-state index contributed by atoms with van der Waals surface area (Å²) in [6, 6.07) is -0.848. The number of quaternary nitrogens is 1. The van der Waals surface area contributed by atoms with E-state index in [1.807, 2.05) is 33.3 Å². The van der Waals surface area contributed by atoms with E-state index in [9.17, 15) is 19.0 Å². The summed E-state index contributed by atoms with van der Waals surface area (Å²) in [5.41, 5.74) is 0. The number of nitrogens with zero attached hydrogens (tertiary/aromatic N) is 1. The highest BCUT2D eigenvalue weighted by atomic mass is 31.2. The lowest BCUT2D eigenvalue weighted by Gasteiger charge is -2.27. The lowest BCUT2D eigenvalue weighted by atomic mass is 10.0. The van der Waals surface area contributed by atoms with E-state index in [0.29, 0.717) is 17.4 Å². The molecule has 3 unspecified atom stereocenters. The molecule has 0 aromatic heterocycles. The molecule has 0 aliphatic rings. The number of hydrogen-bond acceptors (Lipinski definition) is 6. The first-order chi connectivity index (χ1) is 37.9. The number of nitrogens with one attached hydrogen (secondary N) is 1. The number of hydrogen-bond donors (Lipinski definition) is 2. The molecular formula is C68H132N2O7P+. The molecule has 0 radical (unpaired) electrons. The third-order valence-electron chi connectivity index (χ3n) is 15.3. The molecule has 0 heterocycles. The summed E-state index contributed by atoms with van der Waals surface area (Å²) in [7, 11) is 1.51. The molecule has 0 aliphatic heterocycles. The van der Waals surface area contributed by atoms with Crippen LogP contribution < -0.4 is 5.32 Å². The van der Waals surface area contributed by atoms with Crippen LogP contribution in [0.5, 0.6) is 0 Å². The molecule has 3 atom stereocenters. The van der Waals surface area contributed by atoms with Gasteiger partial charge in [0.1, 0.15) is 19.3 Å². The minimum absolute atomic E-state index is 0.0414. The number of phosphoric ester groups is 1. The summed E-state index contributed by atoms with van der Waals surface area (Å²) in [6.45, 7) is 6.95. The maximum absolute atomic E-state index is 13.6. The highest BCUT2D eigenvalue weighted by Crippen LogP contribution is 2.43. The Balaban J connectivity index is 5.05. The first-order valence-electron chi connectivity index (χ1n) is 33.8. The fraction of sp³-hybridized carbons (Fsp3) is 0.882. The monoisotopic (exact) mass is 1120 g/mol. The zero-order valence-corrected chi connectivity index (χ0v) is 53.6. The smallest absolute Gasteiger partial charge is 0.456 e. The van der Waals surface area contributed by atoms with Crippen LogP contribution in [0.1, 0.15) is 335 Å². The van der Waals surface area contributed by atoms with Gasteiger partial charge in [0.05, 0.1) is 33.8 Å². The van der Waals surface area contributed by atoms with Gasteiger partial charge in [0.15, 0.2) is 0 Å². The van der Waals surface area contributed by atoms with E-state index in [1.54, 1.807) is 0 Å². The topological polar surface area (TPSA) is 111 Å². The van der Waals surface area contributed by atoms with Crippen molar-refractivity contribution < 1.29 is 37.3 Å². The summed E-state index contributed by atoms with van der Waals surface area (Å²) in [5.74, 6) is -0.498. The number of ether oxygens (including phenoxy) is 1. The second kappa shape index (κ2) is 58.4. The highest BCUT2D eigenvalue weighted by Gasteiger charge is 2.30. The van der Waals surface area contributed by atoms with Gasteiger partial charge >= 0.3 is 13.8 Å². The van der Waals surface area contributed by atoms with E-state index >= 15 is 0 Å². The van der Waals surface area contributed by atoms with Crippen molar-refractivity contribution in [3.05, 3.63) is 36.5 Å². The molecule has 78 heavy (non-hydrogen) atoms. The van der Waals surface area contributed by atoms with Crippen molar-refractivity contribution in [1.29, 1.82) is 0 Å². The number of carbonyl (C=O) groups excluding carboxylic acids is 2. The number of phosphoric acid groups is 1. The van der Waals surface area contributed by atoms with Gasteiger partial charge in [0, 0.05) is 12.8 Å². The van der Waals surface area contributed by atoms with Crippen molar-refractivity contribution in [2.75, 3.05) is 40.9 Å². The molecule has 0 aromatic carbocycles. The second-order valence-corrected chi connectivity index (χ2v) is 25.8. The molecule has 10 heteroatoms. The molecule has 0 spiro atoms. The number of esters is 1. The Hall–Kier alpha value is -1.77. The van der Waals surface area contributed by atoms with Crippen LogP contribution in [0.15, 0.2) is 36.5 Å². The maximum atomic E-state index is 13.6. The van der Waals surface area contributed by atoms with E-state index in [0.717, 1.165) is 83.5 Å². The zero-order valence-electron chi connectivity index (χ0n) is 52.7. The maximum Gasteiger partial charge on any atom is 0.472 e. The van der Waals surface area contributed by atoms with E-state index < -0.39 is 20.0 Å². The van der Waals surface area contributed by atoms with Crippen molar-refractivity contribution in [2.45, 2.75) is 348 Å². The summed E-state index contributed by atoms with van der Waals surface area (Å²) in [6.07, 6.45) is 71.6. The Labute approximate surface area is 485 Å². The normalized spacial score (nSPS) is 13.8. The average Bonchev–Trinajstić information content (AvgIpc) is 3.40. The molecule has 0 saturated carbocycles. The van der Waals surface area contributed by atoms with E-state index in [2.05, 4.69) is 50.4 Å². The standard InChI is InChI=1S/C68H131N2O7P/c1-7-10-13-16-19-22-25-28-30-31-32-33-34-35-36-37-38-39-40-42-45-48-51-54-57-60-67(71)69-65(64-76-78(73,74)75-63-62-70(4,5)6)66(59-56-53-50-47-44-41-27-24-21-18-15-12-9-3)77-68(72)61-58-55-52-49-46-43-29-26-23-20-17-14-11-8-2/h11,14,20,23,56,59,65-66H,7-10,12-13,15-19,21-22,24-55,57-58,60-64H2,1-6H3,(H-,69,71,73,74)/p+1/b14-11+,23-20+,59-56-. The molecule has 0 aliphatic carbocycles. The lowest BCUT2D eigenvalue weighted by molar-refractivity contribution is -0.870. The van der Waals surface area contributed by atoms with E-state index in [1.165, 1.54) is 218 Å². The van der Waals surface area contributed by atoms with Crippen LogP contribution in [0.4, 0.5) is 0 Å². The molecule has 0 saturated heterocycles. The summed E-state index contributed by atoms with van der Waals surface area (Å²) in [4.78, 5) is 37.8. The number of likely N-dealkylation sites (N-methyl/N-ethyl adjacent to an activating group) is 1. The van der Waals surface area contributed by atoms with Crippen molar-refractivity contribution in [2.24, 2.45) is 0 Å². The van der Waals surface area contributed by atoms with Gasteiger partial charge in [0.2, 0.25) is 5.91 Å². The zero-order chi connectivity index (χ0) is 57.2. The van der Waals surface area contributed by atoms with E-state index in [4.69, 9.17) is 13.8 Å². The van der Waals surface area contributed by atoms with Crippen molar-refractivity contribution in [3.8, 4) is 0 Å². The number of carbonyl (C=O) groups is 2. The SMILES string of the molecule is CC/C=C/C/C=C/CCCCCCCCCC(=O)OC(/C=C\CCCCCCCCCCCCC)C(COP(=O)(O)OCC[N+](C)(C)C)NC(=O)CCCCCCCCCCCCCCCCCCCCCCCCCCC. The predicted octanol–water partition coefficient (Wildman–Crippen LogP) is 21.1. The Bertz CT molecular complexity index is 1430. The van der Waals surface area contributed by atoms with Crippen molar-refractivity contribution in [3.63, 3.8) is 0 Å². The molecule has 1 amide bonds. The summed E-state index contributed by atoms with van der Waals surface area (Å²) >= 11 is 0. The number of unbranched alkanes of at least 4 members (excludes halogenated alkanes) is 42. The van der Waals surface area contributed by atoms with Crippen LogP contribution in [-0.2, 0) is 27.9 Å². The summed E-state index contributed by atoms with van der Waals surface area (Å²) in [5, 5.41) is 3.07. The minimum atomic E-state index is -4.45. The van der Waals surface area contributed by atoms with Gasteiger partial charge in [-0.25, -0.2) is 4.57 Å². The Kier molecular flexibility index (Phi) is 57.1. The van der Waals surface area contributed by atoms with E-state index in [-0.39, 0.29) is 31.5 Å². The first-order valence-corrected chi connectivity index (χ1v) is 35.3. The van der Waals surface area contributed by atoms with Crippen molar-refractivity contribution >= 4 is 19.7 Å². The number of rotatable bonds is 62. The summed E-state index contributed by atoms with van der Waals surface area (Å²) < 4.78 is 30.8. The van der Waals surface area contributed by atoms with Gasteiger partial charge in [-0.3, -0.25) is 18.6 Å². The van der Waals surface area contributed by atoms with Crippen molar-refractivity contribution in [1.82, 2.24) is 5.32 Å². The molecule has 0 fully saturated rings. The van der Waals surface area contributed by atoms with Crippen LogP contribution in [0, 0.1) is 0 Å². The minimum Gasteiger partial charge on any atom is -0.456 e. The molecule has 0 bridgehead atoms. The Morgan fingerprint density at radius 1 is 0.462 bits per heavy atom. The van der Waals surface area contributed by atoms with Crippen LogP contribution in [-0.4, -0.2) is 74.3 Å². The van der Waals surface area contributed by atoms with Gasteiger partial charge in [-0.1, -0.05) is 302 Å². The quantitative estimate of drug-likeness (QED) is 0.0205. The fourth-order valence-corrected chi connectivity index (χ4v) is 10.9. The molecule has 460 valence electrons. The molecule has 2 N–H and O–H groups in total. The van der Waals surface area contributed by atoms with Crippen LogP contribution >= 0.6 is 7.82 Å². The highest BCUT2D eigenvalue weighted by molar-refractivity contribution is 7.47. The predicted molar refractivity (Wildman–Crippen MR) is 337 cm³/mol. The van der Waals surface area contributed by atoms with Crippen LogP contribution in [0.3, 0.4) is 0 Å². The van der Waals surface area contributed by atoms with Gasteiger partial charge in [-0.2, -0.15) is 0 Å².